The van der Waals surface area contributed by atoms with Crippen LogP contribution in [0, 0.1) is 13.5 Å². The second-order valence-corrected chi connectivity index (χ2v) is 5.60. The summed E-state index contributed by atoms with van der Waals surface area (Å²) < 4.78 is 113. The van der Waals surface area contributed by atoms with E-state index < -0.39 is 47.9 Å². The van der Waals surface area contributed by atoms with E-state index in [1.807, 2.05) is 0 Å². The van der Waals surface area contributed by atoms with Gasteiger partial charge in [0.1, 0.15) is 0 Å². The van der Waals surface area contributed by atoms with Crippen LogP contribution in [-0.2, 0) is 5.92 Å². The number of thiol groups is 1. The second kappa shape index (κ2) is 5.38. The van der Waals surface area contributed by atoms with Gasteiger partial charge in [-0.3, -0.25) is 0 Å². The topological polar surface area (TPSA) is 0 Å². The van der Waals surface area contributed by atoms with Crippen molar-refractivity contribution in [1.29, 1.82) is 0 Å². The number of rotatable bonds is 3. The van der Waals surface area contributed by atoms with Crippen molar-refractivity contribution in [1.82, 2.24) is 0 Å². The smallest absolute Gasteiger partial charge is 0.194 e. The minimum absolute atomic E-state index is 0.705. The summed E-state index contributed by atoms with van der Waals surface area (Å²) >= 11 is 16.4. The molecule has 1 aromatic carbocycles. The van der Waals surface area contributed by atoms with Gasteiger partial charge in [-0.1, -0.05) is 36.7 Å². The predicted octanol–water partition coefficient (Wildman–Crippen LogP) is 5.96. The van der Waals surface area contributed by atoms with Gasteiger partial charge in [-0.25, -0.2) is 0 Å². The summed E-state index contributed by atoms with van der Waals surface area (Å²) in [5.41, 5.74) is -2.02. The lowest BCUT2D eigenvalue weighted by molar-refractivity contribution is -0.399. The Balaban J connectivity index is 3.75. The van der Waals surface area contributed by atoms with Crippen LogP contribution < -0.4 is 0 Å². The van der Waals surface area contributed by atoms with Crippen LogP contribution in [0.5, 0.6) is 0 Å². The zero-order valence-electron chi connectivity index (χ0n) is 9.57. The molecule has 0 bridgehead atoms. The van der Waals surface area contributed by atoms with Crippen molar-refractivity contribution >= 4 is 49.3 Å². The number of alkyl halides is 9. The van der Waals surface area contributed by atoms with E-state index in [9.17, 15) is 39.5 Å². The maximum Gasteiger partial charge on any atom is 0.460 e. The Labute approximate surface area is 137 Å². The Morgan fingerprint density at radius 2 is 1.05 bits per heavy atom. The summed E-state index contributed by atoms with van der Waals surface area (Å²) in [4.78, 5) is -1.13. The van der Waals surface area contributed by atoms with Gasteiger partial charge in [-0.05, 0) is 0 Å². The molecule has 0 aliphatic carbocycles. The third-order valence-electron chi connectivity index (χ3n) is 2.55. The highest BCUT2D eigenvalue weighted by atomic mass is 32.1. The number of hydrogen-bond donors (Lipinski definition) is 1. The molecule has 0 spiro atoms. The van der Waals surface area contributed by atoms with Gasteiger partial charge >= 0.3 is 23.9 Å². The molecule has 0 nitrogen and oxygen atoms in total. The van der Waals surface area contributed by atoms with Crippen LogP contribution in [-0.4, -0.2) is 18.0 Å². The van der Waals surface area contributed by atoms with Crippen LogP contribution >= 0.6 is 49.3 Å². The molecule has 0 aliphatic heterocycles. The molecule has 0 unspecified atom stereocenters. The summed E-state index contributed by atoms with van der Waals surface area (Å²) in [7, 11) is 0. The second-order valence-electron chi connectivity index (χ2n) is 3.93. The third kappa shape index (κ3) is 2.49. The van der Waals surface area contributed by atoms with Crippen molar-refractivity contribution in [2.75, 3.05) is 0 Å². The fraction of sp³-hybridized carbons (Fsp3) is 0.444. The molecule has 0 aromatic heterocycles. The van der Waals surface area contributed by atoms with Gasteiger partial charge in [0.05, 0.1) is 19.1 Å². The lowest BCUT2D eigenvalue weighted by atomic mass is 9.98. The van der Waals surface area contributed by atoms with Crippen molar-refractivity contribution in [2.24, 2.45) is 0 Å². The largest absolute Gasteiger partial charge is 0.460 e. The van der Waals surface area contributed by atoms with Gasteiger partial charge in [0.25, 0.3) is 0 Å². The first-order valence-corrected chi connectivity index (χ1v) is 6.46. The van der Waals surface area contributed by atoms with Crippen LogP contribution in [0.2, 0.25) is 0 Å². The number of halogens is 9. The molecule has 0 radical (unpaired) electrons. The van der Waals surface area contributed by atoms with E-state index in [1.165, 1.54) is 0 Å². The first-order valence-electron chi connectivity index (χ1n) is 4.79. The lowest BCUT2D eigenvalue weighted by Gasteiger charge is -2.33. The van der Waals surface area contributed by atoms with Gasteiger partial charge in [0.2, 0.25) is 0 Å². The Kier molecular flexibility index (Phi) is 4.84. The first-order chi connectivity index (χ1) is 9.51. The SMILES string of the molecule is FC(F)(F)C(F)(F)C(F)(F)C(F)(F)c1c(S)c(=S)c(=S)c1=S. The van der Waals surface area contributed by atoms with Gasteiger partial charge in [-0.2, -0.15) is 39.5 Å². The average molecular weight is 408 g/mol. The van der Waals surface area contributed by atoms with E-state index in [2.05, 4.69) is 49.3 Å². The van der Waals surface area contributed by atoms with Crippen molar-refractivity contribution < 1.29 is 39.5 Å². The van der Waals surface area contributed by atoms with Crippen LogP contribution in [0.3, 0.4) is 0 Å². The molecular weight excluding hydrogens is 407 g/mol. The van der Waals surface area contributed by atoms with E-state index in [0.29, 0.717) is 0 Å². The lowest BCUT2D eigenvalue weighted by Crippen LogP contribution is -2.59. The van der Waals surface area contributed by atoms with E-state index in [1.54, 1.807) is 0 Å². The normalized spacial score (nSPS) is 14.5. The molecule has 1 aromatic rings. The van der Waals surface area contributed by atoms with Crippen LogP contribution in [0.15, 0.2) is 4.90 Å². The molecule has 0 N–H and O–H groups in total. The van der Waals surface area contributed by atoms with Crippen molar-refractivity contribution in [3.05, 3.63) is 19.1 Å². The predicted molar refractivity (Wildman–Crippen MR) is 68.4 cm³/mol. The van der Waals surface area contributed by atoms with Gasteiger partial charge in [0.15, 0.2) is 0 Å². The zero-order chi connectivity index (χ0) is 17.9. The highest BCUT2D eigenvalue weighted by Crippen LogP contribution is 2.57. The van der Waals surface area contributed by atoms with Crippen LogP contribution in [0.1, 0.15) is 5.56 Å². The monoisotopic (exact) mass is 408 g/mol. The van der Waals surface area contributed by atoms with Crippen molar-refractivity contribution in [3.63, 3.8) is 0 Å². The molecule has 0 amide bonds. The Morgan fingerprint density at radius 3 is 1.32 bits per heavy atom. The maximum atomic E-state index is 13.7. The minimum Gasteiger partial charge on any atom is -0.194 e. The molecule has 13 heteroatoms. The summed E-state index contributed by atoms with van der Waals surface area (Å²) in [6.07, 6.45) is -6.92. The van der Waals surface area contributed by atoms with E-state index >= 15 is 0 Å². The first kappa shape index (κ1) is 19.8. The molecule has 22 heavy (non-hydrogen) atoms. The van der Waals surface area contributed by atoms with Crippen LogP contribution in [0.25, 0.3) is 0 Å². The summed E-state index contributed by atoms with van der Waals surface area (Å²) in [5, 5.41) is 0. The summed E-state index contributed by atoms with van der Waals surface area (Å²) in [5.74, 6) is -19.8. The fourth-order valence-electron chi connectivity index (χ4n) is 1.37. The number of hydrogen-bond acceptors (Lipinski definition) is 4. The highest BCUT2D eigenvalue weighted by molar-refractivity contribution is 7.81. The highest BCUT2D eigenvalue weighted by Gasteiger charge is 2.82. The molecule has 0 saturated carbocycles. The summed E-state index contributed by atoms with van der Waals surface area (Å²) in [6.45, 7) is 0. The molecule has 0 aliphatic rings. The molecule has 0 saturated heterocycles. The Bertz CT molecular complexity index is 739. The quantitative estimate of drug-likeness (QED) is 0.372. The van der Waals surface area contributed by atoms with Crippen LogP contribution in [0.4, 0.5) is 39.5 Å². The summed E-state index contributed by atoms with van der Waals surface area (Å²) in [6, 6.07) is 0. The molecule has 0 atom stereocenters. The Hall–Kier alpha value is -0.270. The molecular formula is C9HF9S4. The van der Waals surface area contributed by atoms with Gasteiger partial charge in [0, 0.05) is 4.90 Å². The molecule has 124 valence electrons. The Morgan fingerprint density at radius 1 is 0.636 bits per heavy atom. The molecule has 0 fully saturated rings. The molecule has 0 heterocycles. The van der Waals surface area contributed by atoms with E-state index in [0.717, 1.165) is 0 Å². The molecule has 1 rings (SSSR count). The van der Waals surface area contributed by atoms with E-state index in [4.69, 9.17) is 0 Å². The third-order valence-corrected chi connectivity index (χ3v) is 4.63. The van der Waals surface area contributed by atoms with Crippen molar-refractivity contribution in [2.45, 2.75) is 28.8 Å². The zero-order valence-corrected chi connectivity index (χ0v) is 12.9. The average Bonchev–Trinajstić information content (AvgIpc) is 2.52. The standard InChI is InChI=1S/C9HF9S4/c10-6(11,1-2(19)4(21)5(22)3(1)20)7(12,13)8(14,15)9(16,17)18/h19H. The van der Waals surface area contributed by atoms with Crippen molar-refractivity contribution in [3.8, 4) is 0 Å². The van der Waals surface area contributed by atoms with Gasteiger partial charge in [-0.15, -0.1) is 12.6 Å². The van der Waals surface area contributed by atoms with E-state index in [-0.39, 0.29) is 0 Å². The van der Waals surface area contributed by atoms with Gasteiger partial charge < -0.3 is 0 Å². The fourth-order valence-corrected chi connectivity index (χ4v) is 2.69. The minimum atomic E-state index is -7.02. The maximum absolute atomic E-state index is 13.7.